The Morgan fingerprint density at radius 2 is 0.388 bits per heavy atom. The lowest BCUT2D eigenvalue weighted by atomic mass is 9.79. The molecule has 0 aromatic heterocycles. The van der Waals surface area contributed by atoms with Gasteiger partial charge in [-0.3, -0.25) is 0 Å². The molecule has 15 heteroatoms. The van der Waals surface area contributed by atoms with Gasteiger partial charge >= 0.3 is 29.8 Å². The van der Waals surface area contributed by atoms with Crippen molar-refractivity contribution < 1.29 is 73.2 Å². The van der Waals surface area contributed by atoms with Crippen LogP contribution in [0.15, 0.2) is 60.7 Å². The first-order valence-corrected chi connectivity index (χ1v) is 26.9. The number of benzene rings is 5. The molecule has 430 valence electrons. The third kappa shape index (κ3) is 15.6. The SMILES string of the molecule is CC(C)(C)c1cc2c(OCC(=O)O)c(c1)Cc1cc(C(C)(C)C)cc(c1OCC(=O)O)Cc1cc(C(C)(C)C)cc(c1OCC(=O)O)Cc1cc(C(C)(C)C)cc(c1OCC(=O)O)Cc1cc(C(C)(C)C)cc(c1OCC(=O)O)C2. The molecule has 5 aromatic carbocycles. The van der Waals surface area contributed by atoms with Gasteiger partial charge in [0, 0.05) is 32.1 Å². The molecule has 1 aliphatic rings. The van der Waals surface area contributed by atoms with E-state index in [0.29, 0.717) is 55.6 Å². The predicted octanol–water partition coefficient (Wildman–Crippen LogP) is 11.8. The number of fused-ring (bicyclic) bond motifs is 10. The largest absolute Gasteiger partial charge is 0.481 e. The van der Waals surface area contributed by atoms with Crippen molar-refractivity contribution in [1.29, 1.82) is 0 Å². The van der Waals surface area contributed by atoms with Crippen LogP contribution in [-0.4, -0.2) is 88.4 Å². The van der Waals surface area contributed by atoms with E-state index < -0.39 is 90.0 Å². The van der Waals surface area contributed by atoms with Gasteiger partial charge in [0.1, 0.15) is 28.7 Å². The third-order valence-corrected chi connectivity index (χ3v) is 14.1. The average Bonchev–Trinajstić information content (AvgIpc) is 3.30. The van der Waals surface area contributed by atoms with E-state index >= 15 is 0 Å². The first kappa shape index (κ1) is 61.7. The van der Waals surface area contributed by atoms with Crippen LogP contribution in [0.5, 0.6) is 28.7 Å². The Morgan fingerprint density at radius 3 is 0.475 bits per heavy atom. The summed E-state index contributed by atoms with van der Waals surface area (Å²) >= 11 is 0. The molecule has 80 heavy (non-hydrogen) atoms. The number of hydrogen-bond acceptors (Lipinski definition) is 10. The van der Waals surface area contributed by atoms with Gasteiger partial charge in [-0.2, -0.15) is 0 Å². The molecule has 1 aliphatic carbocycles. The zero-order valence-electron chi connectivity index (χ0n) is 49.2. The van der Waals surface area contributed by atoms with Crippen LogP contribution in [0.25, 0.3) is 0 Å². The quantitative estimate of drug-likeness (QED) is 0.0643. The van der Waals surface area contributed by atoms with Gasteiger partial charge in [0.05, 0.1) is 0 Å². The minimum absolute atomic E-state index is 0.0624. The number of ether oxygens (including phenoxy) is 5. The molecule has 15 nitrogen and oxygen atoms in total. The smallest absolute Gasteiger partial charge is 0.341 e. The number of hydrogen-bond donors (Lipinski definition) is 5. The topological polar surface area (TPSA) is 233 Å². The molecule has 0 fully saturated rings. The number of aliphatic carboxylic acids is 5. The van der Waals surface area contributed by atoms with E-state index in [-0.39, 0.29) is 60.9 Å². The summed E-state index contributed by atoms with van der Waals surface area (Å²) in [6.45, 7) is 27.1. The van der Waals surface area contributed by atoms with Crippen molar-refractivity contribution >= 4 is 29.8 Å². The van der Waals surface area contributed by atoms with Crippen LogP contribution in [0.4, 0.5) is 0 Å². The number of carbonyl (C=O) groups is 5. The summed E-state index contributed by atoms with van der Waals surface area (Å²) in [6, 6.07) is 19.6. The van der Waals surface area contributed by atoms with E-state index in [4.69, 9.17) is 23.7 Å². The number of carboxylic acid groups (broad SMARTS) is 5. The van der Waals surface area contributed by atoms with Gasteiger partial charge in [-0.15, -0.1) is 0 Å². The lowest BCUT2D eigenvalue weighted by Gasteiger charge is -2.29. The maximum absolute atomic E-state index is 12.6. The Morgan fingerprint density at radius 1 is 0.275 bits per heavy atom. The van der Waals surface area contributed by atoms with Crippen LogP contribution in [0.2, 0.25) is 0 Å². The average molecular weight is 1100 g/mol. The lowest BCUT2D eigenvalue weighted by molar-refractivity contribution is -0.140. The first-order chi connectivity index (χ1) is 36.9. The van der Waals surface area contributed by atoms with Gasteiger partial charge in [0.2, 0.25) is 0 Å². The number of carboxylic acids is 5. The molecule has 10 bridgehead atoms. The van der Waals surface area contributed by atoms with Crippen molar-refractivity contribution in [2.75, 3.05) is 33.0 Å². The Labute approximate surface area is 470 Å². The van der Waals surface area contributed by atoms with Crippen molar-refractivity contribution in [3.63, 3.8) is 0 Å². The Bertz CT molecular complexity index is 2590. The molecular weight excluding hydrogens is 1020 g/mol. The minimum Gasteiger partial charge on any atom is -0.481 e. The van der Waals surface area contributed by atoms with Crippen LogP contribution >= 0.6 is 0 Å². The lowest BCUT2D eigenvalue weighted by Crippen LogP contribution is -2.20. The van der Waals surface area contributed by atoms with Gasteiger partial charge in [-0.25, -0.2) is 24.0 Å². The molecule has 0 saturated heterocycles. The predicted molar refractivity (Wildman–Crippen MR) is 305 cm³/mol. The molecule has 6 rings (SSSR count). The maximum atomic E-state index is 12.6. The second kappa shape index (κ2) is 23.7. The van der Waals surface area contributed by atoms with Crippen LogP contribution in [-0.2, 0) is 83.2 Å². The van der Waals surface area contributed by atoms with Crippen molar-refractivity contribution in [3.8, 4) is 28.7 Å². The summed E-state index contributed by atoms with van der Waals surface area (Å²) in [4.78, 5) is 62.8. The van der Waals surface area contributed by atoms with Crippen molar-refractivity contribution in [2.45, 2.75) is 163 Å². The van der Waals surface area contributed by atoms with E-state index in [0.717, 1.165) is 27.8 Å². The molecule has 0 saturated carbocycles. The van der Waals surface area contributed by atoms with Crippen LogP contribution < -0.4 is 23.7 Å². The molecule has 0 unspecified atom stereocenters. The van der Waals surface area contributed by atoms with Gasteiger partial charge in [-0.05, 0) is 111 Å². The third-order valence-electron chi connectivity index (χ3n) is 14.1. The highest BCUT2D eigenvalue weighted by Gasteiger charge is 2.31. The summed E-state index contributed by atoms with van der Waals surface area (Å²) < 4.78 is 32.0. The standard InChI is InChI=1S/C65H80O15/c1-61(2,3)46-21-36-16-38-23-47(62(4,5)6)25-40(57(38)77-32-52(68)69)18-42-27-49(64(10,11)12)29-44(59(42)79-34-54(72)73)20-45-30-50(65(13,14)15)28-43(60(45)80-35-55(74)75)19-41-26-48(63(7,8)9)24-39(58(41)78-33-53(70)71)17-37(22-46)56(36)76-31-51(66)67/h21-30H,16-20,31-35H2,1-15H3,(H,66,67)(H,68,69)(H,70,71)(H,72,73)(H,74,75). The summed E-state index contributed by atoms with van der Waals surface area (Å²) in [6.07, 6.45) is 0.312. The van der Waals surface area contributed by atoms with E-state index in [1.165, 1.54) is 0 Å². The van der Waals surface area contributed by atoms with Gasteiger partial charge < -0.3 is 49.2 Å². The van der Waals surface area contributed by atoms with E-state index in [1.54, 1.807) is 0 Å². The van der Waals surface area contributed by atoms with E-state index in [2.05, 4.69) is 0 Å². The molecule has 5 N–H and O–H groups in total. The normalized spacial score (nSPS) is 13.2. The molecule has 0 amide bonds. The van der Waals surface area contributed by atoms with Gasteiger partial charge in [-0.1, -0.05) is 165 Å². The highest BCUT2D eigenvalue weighted by Crippen LogP contribution is 2.45. The fourth-order valence-electron chi connectivity index (χ4n) is 9.87. The zero-order valence-corrected chi connectivity index (χ0v) is 49.2. The Kier molecular flexibility index (Phi) is 18.2. The van der Waals surface area contributed by atoms with Crippen molar-refractivity contribution in [3.05, 3.63) is 144 Å². The monoisotopic (exact) mass is 1100 g/mol. The van der Waals surface area contributed by atoms with E-state index in [9.17, 15) is 49.5 Å². The van der Waals surface area contributed by atoms with Crippen molar-refractivity contribution in [2.24, 2.45) is 0 Å². The molecule has 0 aliphatic heterocycles. The molecule has 0 heterocycles. The summed E-state index contributed by atoms with van der Waals surface area (Å²) in [5, 5.41) is 51.2. The highest BCUT2D eigenvalue weighted by molar-refractivity contribution is 5.72. The Balaban J connectivity index is 1.94. The zero-order chi connectivity index (χ0) is 59.6. The fourth-order valence-corrected chi connectivity index (χ4v) is 9.87. The van der Waals surface area contributed by atoms with Crippen LogP contribution in [0, 0.1) is 0 Å². The molecule has 5 aromatic rings. The maximum Gasteiger partial charge on any atom is 0.341 e. The van der Waals surface area contributed by atoms with Crippen molar-refractivity contribution in [1.82, 2.24) is 0 Å². The van der Waals surface area contributed by atoms with E-state index in [1.807, 2.05) is 165 Å². The second-order valence-electron chi connectivity index (χ2n) is 26.2. The first-order valence-electron chi connectivity index (χ1n) is 26.9. The second-order valence-corrected chi connectivity index (χ2v) is 26.2. The highest BCUT2D eigenvalue weighted by atomic mass is 16.5. The molecule has 0 radical (unpaired) electrons. The Hall–Kier alpha value is -7.55. The van der Waals surface area contributed by atoms with Gasteiger partial charge in [0.15, 0.2) is 33.0 Å². The number of rotatable bonds is 15. The van der Waals surface area contributed by atoms with Crippen LogP contribution in [0.1, 0.15) is 187 Å². The van der Waals surface area contributed by atoms with Crippen LogP contribution in [0.3, 0.4) is 0 Å². The molecule has 0 spiro atoms. The summed E-state index contributed by atoms with van der Waals surface area (Å²) in [5.74, 6) is -4.95. The molecular formula is C65H80O15. The minimum atomic E-state index is -1.23. The summed E-state index contributed by atoms with van der Waals surface area (Å²) in [5.41, 5.74) is 7.39. The molecule has 0 atom stereocenters. The summed E-state index contributed by atoms with van der Waals surface area (Å²) in [7, 11) is 0. The van der Waals surface area contributed by atoms with Gasteiger partial charge in [0.25, 0.3) is 0 Å². The fraction of sp³-hybridized carbons (Fsp3) is 0.462.